The summed E-state index contributed by atoms with van der Waals surface area (Å²) in [6, 6.07) is 18.4. The summed E-state index contributed by atoms with van der Waals surface area (Å²) < 4.78 is 82.9. The van der Waals surface area contributed by atoms with Crippen molar-refractivity contribution in [2.24, 2.45) is 0 Å². The summed E-state index contributed by atoms with van der Waals surface area (Å²) in [6.07, 6.45) is -9.75. The molecule has 0 radical (unpaired) electrons. The Morgan fingerprint density at radius 3 is 1.69 bits per heavy atom. The van der Waals surface area contributed by atoms with Crippen molar-refractivity contribution in [2.75, 3.05) is 0 Å². The van der Waals surface area contributed by atoms with E-state index in [1.54, 1.807) is 6.07 Å². The first-order valence-electron chi connectivity index (χ1n) is 8.63. The van der Waals surface area contributed by atoms with Crippen molar-refractivity contribution in [3.63, 3.8) is 0 Å². The standard InChI is InChI=1S/C22H16F6O/c23-21(24,25)19-10-16(11-20(12-19)22(26,27)28)14-29-13-15-5-4-8-18(9-15)17-6-2-1-3-7-17/h1-12H,13-14H2. The lowest BCUT2D eigenvalue weighted by atomic mass is 10.0. The number of hydrogen-bond acceptors (Lipinski definition) is 1. The number of ether oxygens (including phenoxy) is 1. The summed E-state index contributed by atoms with van der Waals surface area (Å²) in [5, 5.41) is 0. The molecule has 29 heavy (non-hydrogen) atoms. The van der Waals surface area contributed by atoms with Crippen LogP contribution in [0.4, 0.5) is 26.3 Å². The molecule has 3 aromatic carbocycles. The van der Waals surface area contributed by atoms with Crippen LogP contribution in [0.25, 0.3) is 11.1 Å². The Bertz CT molecular complexity index is 929. The minimum Gasteiger partial charge on any atom is -0.372 e. The quantitative estimate of drug-likeness (QED) is 0.408. The second-order valence-electron chi connectivity index (χ2n) is 6.47. The maximum atomic E-state index is 12.9. The molecule has 7 heteroatoms. The monoisotopic (exact) mass is 410 g/mol. The van der Waals surface area contributed by atoms with E-state index >= 15 is 0 Å². The van der Waals surface area contributed by atoms with Gasteiger partial charge in [0.15, 0.2) is 0 Å². The highest BCUT2D eigenvalue weighted by molar-refractivity contribution is 5.63. The van der Waals surface area contributed by atoms with E-state index in [0.29, 0.717) is 12.1 Å². The Balaban J connectivity index is 1.74. The number of alkyl halides is 6. The lowest BCUT2D eigenvalue weighted by molar-refractivity contribution is -0.143. The number of hydrogen-bond donors (Lipinski definition) is 0. The fourth-order valence-corrected chi connectivity index (χ4v) is 2.86. The van der Waals surface area contributed by atoms with Crippen LogP contribution in [0.2, 0.25) is 0 Å². The normalized spacial score (nSPS) is 12.2. The average Bonchev–Trinajstić information content (AvgIpc) is 2.67. The lowest BCUT2D eigenvalue weighted by Gasteiger charge is -2.14. The van der Waals surface area contributed by atoms with Gasteiger partial charge in [-0.25, -0.2) is 0 Å². The van der Waals surface area contributed by atoms with Gasteiger partial charge in [-0.3, -0.25) is 0 Å². The lowest BCUT2D eigenvalue weighted by Crippen LogP contribution is -2.12. The van der Waals surface area contributed by atoms with Gasteiger partial charge in [0.05, 0.1) is 24.3 Å². The van der Waals surface area contributed by atoms with Crippen LogP contribution >= 0.6 is 0 Å². The zero-order valence-electron chi connectivity index (χ0n) is 15.0. The maximum Gasteiger partial charge on any atom is 0.416 e. The van der Waals surface area contributed by atoms with Crippen LogP contribution in [0.15, 0.2) is 72.8 Å². The van der Waals surface area contributed by atoms with E-state index in [1.807, 2.05) is 48.5 Å². The molecule has 152 valence electrons. The third-order valence-electron chi connectivity index (χ3n) is 4.22. The molecule has 0 aromatic heterocycles. The Kier molecular flexibility index (Phi) is 5.98. The molecule has 0 saturated heterocycles. The second kappa shape index (κ2) is 8.29. The van der Waals surface area contributed by atoms with Gasteiger partial charge in [-0.05, 0) is 46.5 Å². The van der Waals surface area contributed by atoms with E-state index in [9.17, 15) is 26.3 Å². The van der Waals surface area contributed by atoms with Gasteiger partial charge in [0.25, 0.3) is 0 Å². The Labute approximate surface area is 163 Å². The molecule has 0 aliphatic rings. The summed E-state index contributed by atoms with van der Waals surface area (Å²) in [5.41, 5.74) is -0.207. The molecule has 0 atom stereocenters. The van der Waals surface area contributed by atoms with Crippen LogP contribution in [0.5, 0.6) is 0 Å². The van der Waals surface area contributed by atoms with Gasteiger partial charge in [-0.15, -0.1) is 0 Å². The highest BCUT2D eigenvalue weighted by Gasteiger charge is 2.36. The summed E-state index contributed by atoms with van der Waals surface area (Å²) in [6.45, 7) is -0.319. The molecular formula is C22H16F6O. The molecule has 0 saturated carbocycles. The highest BCUT2D eigenvalue weighted by atomic mass is 19.4. The minimum absolute atomic E-state index is 0.0538. The van der Waals surface area contributed by atoms with Crippen molar-refractivity contribution in [3.8, 4) is 11.1 Å². The summed E-state index contributed by atoms with van der Waals surface area (Å²) in [4.78, 5) is 0. The van der Waals surface area contributed by atoms with Crippen LogP contribution in [-0.4, -0.2) is 0 Å². The second-order valence-corrected chi connectivity index (χ2v) is 6.47. The predicted molar refractivity (Wildman–Crippen MR) is 96.8 cm³/mol. The minimum atomic E-state index is -4.87. The zero-order chi connectivity index (χ0) is 21.1. The molecule has 0 heterocycles. The van der Waals surface area contributed by atoms with E-state index in [-0.39, 0.29) is 24.8 Å². The molecule has 0 aliphatic heterocycles. The van der Waals surface area contributed by atoms with Crippen LogP contribution in [0, 0.1) is 0 Å². The number of rotatable bonds is 5. The van der Waals surface area contributed by atoms with Crippen molar-refractivity contribution >= 4 is 0 Å². The van der Waals surface area contributed by atoms with Crippen molar-refractivity contribution in [2.45, 2.75) is 25.6 Å². The van der Waals surface area contributed by atoms with Crippen molar-refractivity contribution < 1.29 is 31.1 Å². The van der Waals surface area contributed by atoms with Gasteiger partial charge in [-0.2, -0.15) is 26.3 Å². The Morgan fingerprint density at radius 2 is 1.10 bits per heavy atom. The number of benzene rings is 3. The van der Waals surface area contributed by atoms with E-state index < -0.39 is 23.5 Å². The summed E-state index contributed by atoms with van der Waals surface area (Å²) >= 11 is 0. The van der Waals surface area contributed by atoms with Crippen LogP contribution in [0.3, 0.4) is 0 Å². The molecular weight excluding hydrogens is 394 g/mol. The fourth-order valence-electron chi connectivity index (χ4n) is 2.86. The van der Waals surface area contributed by atoms with Gasteiger partial charge in [0.2, 0.25) is 0 Å². The Morgan fingerprint density at radius 1 is 0.552 bits per heavy atom. The van der Waals surface area contributed by atoms with Gasteiger partial charge >= 0.3 is 12.4 Å². The molecule has 0 bridgehead atoms. The molecule has 0 amide bonds. The van der Waals surface area contributed by atoms with Gasteiger partial charge in [0, 0.05) is 0 Å². The topological polar surface area (TPSA) is 9.23 Å². The maximum absolute atomic E-state index is 12.9. The van der Waals surface area contributed by atoms with Gasteiger partial charge < -0.3 is 4.74 Å². The average molecular weight is 410 g/mol. The SMILES string of the molecule is FC(F)(F)c1cc(COCc2cccc(-c3ccccc3)c2)cc(C(F)(F)F)c1. The van der Waals surface area contributed by atoms with Crippen molar-refractivity contribution in [3.05, 3.63) is 95.1 Å². The number of halogens is 6. The van der Waals surface area contributed by atoms with Crippen molar-refractivity contribution in [1.82, 2.24) is 0 Å². The van der Waals surface area contributed by atoms with E-state index in [2.05, 4.69) is 0 Å². The van der Waals surface area contributed by atoms with Crippen molar-refractivity contribution in [1.29, 1.82) is 0 Å². The molecule has 0 fully saturated rings. The van der Waals surface area contributed by atoms with Crippen LogP contribution in [-0.2, 0) is 30.3 Å². The molecule has 0 spiro atoms. The zero-order valence-corrected chi connectivity index (χ0v) is 15.0. The molecule has 0 N–H and O–H groups in total. The summed E-state index contributed by atoms with van der Waals surface area (Å²) in [5.74, 6) is 0. The summed E-state index contributed by atoms with van der Waals surface area (Å²) in [7, 11) is 0. The van der Waals surface area contributed by atoms with E-state index in [4.69, 9.17) is 4.74 Å². The molecule has 0 unspecified atom stereocenters. The Hall–Kier alpha value is -2.80. The largest absolute Gasteiger partial charge is 0.416 e. The molecule has 3 aromatic rings. The highest BCUT2D eigenvalue weighted by Crippen LogP contribution is 2.36. The first kappa shape index (κ1) is 20.9. The smallest absolute Gasteiger partial charge is 0.372 e. The third kappa shape index (κ3) is 5.60. The molecule has 0 aliphatic carbocycles. The van der Waals surface area contributed by atoms with Crippen LogP contribution < -0.4 is 0 Å². The fraction of sp³-hybridized carbons (Fsp3) is 0.182. The van der Waals surface area contributed by atoms with Crippen LogP contribution in [0.1, 0.15) is 22.3 Å². The van der Waals surface area contributed by atoms with E-state index in [0.717, 1.165) is 16.7 Å². The third-order valence-corrected chi connectivity index (χ3v) is 4.22. The molecule has 3 rings (SSSR count). The van der Waals surface area contributed by atoms with Gasteiger partial charge in [-0.1, -0.05) is 48.5 Å². The molecule has 1 nitrogen and oxygen atoms in total. The van der Waals surface area contributed by atoms with Gasteiger partial charge in [0.1, 0.15) is 0 Å². The first-order chi connectivity index (χ1) is 13.6. The predicted octanol–water partition coefficient (Wildman–Crippen LogP) is 7.11. The van der Waals surface area contributed by atoms with E-state index in [1.165, 1.54) is 0 Å². The first-order valence-corrected chi connectivity index (χ1v) is 8.63.